The Bertz CT molecular complexity index is 1130. The van der Waals surface area contributed by atoms with E-state index in [1.165, 1.54) is 0 Å². The van der Waals surface area contributed by atoms with E-state index in [-0.39, 0.29) is 23.7 Å². The Kier molecular flexibility index (Phi) is 9.60. The normalized spacial score (nSPS) is 17.9. The van der Waals surface area contributed by atoms with Gasteiger partial charge in [0.1, 0.15) is 5.82 Å². The van der Waals surface area contributed by atoms with Gasteiger partial charge < -0.3 is 19.4 Å². The molecule has 0 N–H and O–H groups in total. The molecule has 0 bridgehead atoms. The number of hydrogen-bond donors (Lipinski definition) is 0. The number of amides is 2. The minimum Gasteiger partial charge on any atom is -0.466 e. The molecular formula is C28H37N5O4S. The second-order valence-electron chi connectivity index (χ2n) is 9.67. The summed E-state index contributed by atoms with van der Waals surface area (Å²) < 4.78 is 5.16. The summed E-state index contributed by atoms with van der Waals surface area (Å²) in [6.45, 7) is 9.85. The molecule has 38 heavy (non-hydrogen) atoms. The molecule has 2 aromatic rings. The number of carbonyl (C=O) groups excluding carboxylic acids is 3. The number of carbonyl (C=O) groups is 3. The maximum Gasteiger partial charge on any atom is 0.310 e. The summed E-state index contributed by atoms with van der Waals surface area (Å²) in [4.78, 5) is 52.2. The lowest BCUT2D eigenvalue weighted by Crippen LogP contribution is -2.48. The van der Waals surface area contributed by atoms with Gasteiger partial charge >= 0.3 is 5.97 Å². The van der Waals surface area contributed by atoms with Crippen molar-refractivity contribution in [3.8, 4) is 0 Å². The predicted octanol–water partition coefficient (Wildman–Crippen LogP) is 3.42. The van der Waals surface area contributed by atoms with Crippen LogP contribution in [0, 0.1) is 5.92 Å². The van der Waals surface area contributed by atoms with Gasteiger partial charge in [0.15, 0.2) is 5.16 Å². The minimum absolute atomic E-state index is 0.0494. The van der Waals surface area contributed by atoms with Gasteiger partial charge in [-0.15, -0.1) is 0 Å². The van der Waals surface area contributed by atoms with Crippen LogP contribution in [0.5, 0.6) is 0 Å². The van der Waals surface area contributed by atoms with Crippen molar-refractivity contribution in [2.45, 2.75) is 50.9 Å². The van der Waals surface area contributed by atoms with Crippen molar-refractivity contribution in [2.75, 3.05) is 50.8 Å². The molecule has 1 aromatic carbocycles. The molecular weight excluding hydrogens is 502 g/mol. The van der Waals surface area contributed by atoms with Gasteiger partial charge in [-0.2, -0.15) is 0 Å². The van der Waals surface area contributed by atoms with Gasteiger partial charge in [0.25, 0.3) is 5.91 Å². The third kappa shape index (κ3) is 7.03. The number of anilines is 1. The summed E-state index contributed by atoms with van der Waals surface area (Å²) in [7, 11) is 0. The first-order valence-corrected chi connectivity index (χ1v) is 14.4. The maximum absolute atomic E-state index is 13.1. The van der Waals surface area contributed by atoms with E-state index in [9.17, 15) is 14.4 Å². The number of hydrogen-bond acceptors (Lipinski definition) is 8. The van der Waals surface area contributed by atoms with Gasteiger partial charge in [0.05, 0.1) is 12.5 Å². The number of piperidine rings is 1. The molecule has 0 saturated carbocycles. The highest BCUT2D eigenvalue weighted by Gasteiger charge is 2.29. The SMILES string of the molecule is CCOC(=O)C1CCCN(C(=O)c2ccc(CSc3nc(CC)cc(N4CCN(C(C)=O)CC4)n3)cc2)C1. The average molecular weight is 540 g/mol. The number of aromatic nitrogens is 2. The summed E-state index contributed by atoms with van der Waals surface area (Å²) in [6, 6.07) is 9.70. The number of aryl methyl sites for hydroxylation is 1. The van der Waals surface area contributed by atoms with E-state index in [4.69, 9.17) is 14.7 Å². The Balaban J connectivity index is 1.35. The van der Waals surface area contributed by atoms with Crippen molar-refractivity contribution in [1.29, 1.82) is 0 Å². The van der Waals surface area contributed by atoms with Crippen molar-refractivity contribution >= 4 is 35.4 Å². The molecule has 4 rings (SSSR count). The molecule has 10 heteroatoms. The Morgan fingerprint density at radius 3 is 2.39 bits per heavy atom. The van der Waals surface area contributed by atoms with Crippen LogP contribution in [-0.4, -0.2) is 83.4 Å². The van der Waals surface area contributed by atoms with E-state index in [2.05, 4.69) is 11.8 Å². The third-order valence-corrected chi connectivity index (χ3v) is 7.97. The van der Waals surface area contributed by atoms with E-state index in [1.54, 1.807) is 30.5 Å². The lowest BCUT2D eigenvalue weighted by molar-refractivity contribution is -0.149. The monoisotopic (exact) mass is 539 g/mol. The summed E-state index contributed by atoms with van der Waals surface area (Å²) in [6.07, 6.45) is 2.38. The number of ether oxygens (including phenoxy) is 1. The zero-order valence-electron chi connectivity index (χ0n) is 22.5. The summed E-state index contributed by atoms with van der Waals surface area (Å²) >= 11 is 1.58. The Labute approximate surface area is 228 Å². The molecule has 2 saturated heterocycles. The van der Waals surface area contributed by atoms with Crippen LogP contribution in [0.2, 0.25) is 0 Å². The van der Waals surface area contributed by atoms with Crippen LogP contribution < -0.4 is 4.90 Å². The quantitative estimate of drug-likeness (QED) is 0.286. The third-order valence-electron chi connectivity index (χ3n) is 7.05. The predicted molar refractivity (Wildman–Crippen MR) is 147 cm³/mol. The number of thioether (sulfide) groups is 1. The molecule has 0 radical (unpaired) electrons. The number of piperazine rings is 1. The molecule has 3 heterocycles. The number of esters is 1. The first-order valence-electron chi connectivity index (χ1n) is 13.4. The number of nitrogens with zero attached hydrogens (tertiary/aromatic N) is 5. The first kappa shape index (κ1) is 27.9. The Hall–Kier alpha value is -3.14. The second-order valence-corrected chi connectivity index (χ2v) is 10.6. The summed E-state index contributed by atoms with van der Waals surface area (Å²) in [5, 5.41) is 0.729. The smallest absolute Gasteiger partial charge is 0.310 e. The van der Waals surface area contributed by atoms with Crippen LogP contribution in [0.25, 0.3) is 0 Å². The molecule has 1 aromatic heterocycles. The maximum atomic E-state index is 13.1. The standard InChI is InChI=1S/C28H37N5O4S/c1-4-24-17-25(32-15-13-31(14-16-32)20(3)34)30-28(29-24)38-19-21-8-10-22(11-9-21)26(35)33-12-6-7-23(18-33)27(36)37-5-2/h8-11,17,23H,4-7,12-16,18-19H2,1-3H3. The molecule has 2 amide bonds. The fourth-order valence-corrected chi connectivity index (χ4v) is 5.63. The molecule has 1 unspecified atom stereocenters. The van der Waals surface area contributed by atoms with Crippen molar-refractivity contribution < 1.29 is 19.1 Å². The minimum atomic E-state index is -0.245. The molecule has 2 aliphatic heterocycles. The Morgan fingerprint density at radius 2 is 1.74 bits per heavy atom. The number of likely N-dealkylation sites (tertiary alicyclic amines) is 1. The molecule has 0 spiro atoms. The lowest BCUT2D eigenvalue weighted by atomic mass is 9.97. The van der Waals surface area contributed by atoms with Crippen LogP contribution in [0.4, 0.5) is 5.82 Å². The fraction of sp³-hybridized carbons (Fsp3) is 0.536. The van der Waals surface area contributed by atoms with E-state index in [0.717, 1.165) is 54.6 Å². The highest BCUT2D eigenvalue weighted by Crippen LogP contribution is 2.25. The largest absolute Gasteiger partial charge is 0.466 e. The van der Waals surface area contributed by atoms with Crippen molar-refractivity contribution in [1.82, 2.24) is 19.8 Å². The fourth-order valence-electron chi connectivity index (χ4n) is 4.81. The van der Waals surface area contributed by atoms with E-state index < -0.39 is 0 Å². The number of benzene rings is 1. The van der Waals surface area contributed by atoms with Gasteiger partial charge in [0.2, 0.25) is 5.91 Å². The molecule has 2 fully saturated rings. The molecule has 1 atom stereocenters. The molecule has 0 aliphatic carbocycles. The van der Waals surface area contributed by atoms with Crippen LogP contribution in [0.3, 0.4) is 0 Å². The van der Waals surface area contributed by atoms with E-state index in [0.29, 0.717) is 44.1 Å². The van der Waals surface area contributed by atoms with Crippen LogP contribution in [0.15, 0.2) is 35.5 Å². The summed E-state index contributed by atoms with van der Waals surface area (Å²) in [5.74, 6) is 1.20. The molecule has 204 valence electrons. The average Bonchev–Trinajstić information content (AvgIpc) is 2.96. The molecule has 2 aliphatic rings. The topological polar surface area (TPSA) is 95.9 Å². The Morgan fingerprint density at radius 1 is 1.00 bits per heavy atom. The zero-order chi connectivity index (χ0) is 27.1. The highest BCUT2D eigenvalue weighted by molar-refractivity contribution is 7.98. The first-order chi connectivity index (χ1) is 18.4. The van der Waals surface area contributed by atoms with Crippen molar-refractivity contribution in [3.63, 3.8) is 0 Å². The lowest BCUT2D eigenvalue weighted by Gasteiger charge is -2.35. The van der Waals surface area contributed by atoms with Gasteiger partial charge in [0, 0.05) is 69.3 Å². The van der Waals surface area contributed by atoms with Gasteiger partial charge in [-0.1, -0.05) is 30.8 Å². The van der Waals surface area contributed by atoms with Gasteiger partial charge in [-0.05, 0) is 43.9 Å². The van der Waals surface area contributed by atoms with Gasteiger partial charge in [-0.3, -0.25) is 14.4 Å². The summed E-state index contributed by atoms with van der Waals surface area (Å²) in [5.41, 5.74) is 2.70. The van der Waals surface area contributed by atoms with Crippen molar-refractivity contribution in [3.05, 3.63) is 47.2 Å². The van der Waals surface area contributed by atoms with Crippen molar-refractivity contribution in [2.24, 2.45) is 5.92 Å². The van der Waals surface area contributed by atoms with Crippen LogP contribution >= 0.6 is 11.8 Å². The number of rotatable bonds is 8. The van der Waals surface area contributed by atoms with Crippen LogP contribution in [0.1, 0.15) is 55.2 Å². The van der Waals surface area contributed by atoms with E-state index >= 15 is 0 Å². The zero-order valence-corrected chi connectivity index (χ0v) is 23.3. The van der Waals surface area contributed by atoms with Crippen LogP contribution in [-0.2, 0) is 26.5 Å². The highest BCUT2D eigenvalue weighted by atomic mass is 32.2. The van der Waals surface area contributed by atoms with E-state index in [1.807, 2.05) is 35.2 Å². The van der Waals surface area contributed by atoms with Gasteiger partial charge in [-0.25, -0.2) is 9.97 Å². The second kappa shape index (κ2) is 13.1. The molecule has 9 nitrogen and oxygen atoms in total.